The summed E-state index contributed by atoms with van der Waals surface area (Å²) in [4.78, 5) is 0. The quantitative estimate of drug-likeness (QED) is 0.206. The lowest BCUT2D eigenvalue weighted by atomic mass is 9.84. The van der Waals surface area contributed by atoms with Crippen LogP contribution in [-0.2, 0) is 0 Å². The van der Waals surface area contributed by atoms with Crippen molar-refractivity contribution in [2.75, 3.05) is 0 Å². The normalized spacial score (nSPS) is 12.7. The number of aromatic hydroxyl groups is 1. The van der Waals surface area contributed by atoms with Gasteiger partial charge in [-0.3, -0.25) is 0 Å². The Hall–Kier alpha value is -4.62. The van der Waals surface area contributed by atoms with Crippen molar-refractivity contribution < 1.29 is 9.22 Å². The van der Waals surface area contributed by atoms with Gasteiger partial charge in [-0.05, 0) is 83.5 Å². The summed E-state index contributed by atoms with van der Waals surface area (Å²) in [5.74, 6) is -0.469. The van der Waals surface area contributed by atoms with E-state index in [0.29, 0.717) is 10.8 Å². The van der Waals surface area contributed by atoms with Crippen LogP contribution in [0.1, 0.15) is 4.11 Å². The molecule has 0 aliphatic heterocycles. The van der Waals surface area contributed by atoms with Crippen molar-refractivity contribution >= 4 is 43.1 Å². The molecule has 0 radical (unpaired) electrons. The molecule has 0 aliphatic carbocycles. The fourth-order valence-electron chi connectivity index (χ4n) is 5.41. The predicted octanol–water partition coefficient (Wildman–Crippen LogP) is 9.34. The minimum Gasteiger partial charge on any atom is -0.508 e. The second-order valence-electron chi connectivity index (χ2n) is 8.83. The fourth-order valence-corrected chi connectivity index (χ4v) is 5.41. The van der Waals surface area contributed by atoms with Crippen LogP contribution < -0.4 is 0 Å². The minimum atomic E-state index is -0.469. The Morgan fingerprint density at radius 2 is 1.09 bits per heavy atom. The number of benzene rings is 7. The Morgan fingerprint density at radius 3 is 1.86 bits per heavy atom. The van der Waals surface area contributed by atoms with E-state index in [9.17, 15) is 5.11 Å². The topological polar surface area (TPSA) is 20.2 Å². The summed E-state index contributed by atoms with van der Waals surface area (Å²) in [6, 6.07) is 36.0. The number of hydrogen-bond donors (Lipinski definition) is 1. The highest BCUT2D eigenvalue weighted by Crippen LogP contribution is 2.47. The largest absolute Gasteiger partial charge is 0.508 e. The highest BCUT2D eigenvalue weighted by Gasteiger charge is 2.19. The van der Waals surface area contributed by atoms with Crippen molar-refractivity contribution in [1.29, 1.82) is 0 Å². The maximum absolute atomic E-state index is 10.9. The van der Waals surface area contributed by atoms with E-state index in [4.69, 9.17) is 4.11 Å². The molecule has 0 bridgehead atoms. The first-order valence-electron chi connectivity index (χ1n) is 13.2. The number of phenolic OH excluding ortho intramolecular Hbond substituents is 1. The molecule has 0 saturated carbocycles. The maximum Gasteiger partial charge on any atom is 0.116 e. The van der Waals surface area contributed by atoms with Crippen molar-refractivity contribution in [2.24, 2.45) is 0 Å². The summed E-state index contributed by atoms with van der Waals surface area (Å²) in [7, 11) is 0. The van der Waals surface area contributed by atoms with E-state index in [1.54, 1.807) is 0 Å². The molecule has 1 heteroatoms. The van der Waals surface area contributed by atoms with E-state index >= 15 is 0 Å². The van der Waals surface area contributed by atoms with Gasteiger partial charge in [0.1, 0.15) is 5.75 Å². The van der Waals surface area contributed by atoms with Gasteiger partial charge in [0.15, 0.2) is 0 Å². The average Bonchev–Trinajstić information content (AvgIpc) is 2.97. The van der Waals surface area contributed by atoms with Gasteiger partial charge in [-0.25, -0.2) is 0 Å². The lowest BCUT2D eigenvalue weighted by molar-refractivity contribution is 0.476. The standard InChI is InChI=1S/C34H22O/c35-24-18-19-30-32(21-24)34(29-17-9-8-16-28(29)33(30)22-10-2-1-3-11-22)31-20-23-12-4-5-13-25(23)26-14-6-7-15-27(26)31/h1-21,35H/i18D,19D,21D. The highest BCUT2D eigenvalue weighted by molar-refractivity contribution is 6.25. The zero-order valence-electron chi connectivity index (χ0n) is 21.8. The molecule has 0 spiro atoms. The van der Waals surface area contributed by atoms with Crippen LogP contribution >= 0.6 is 0 Å². The number of phenols is 1. The average molecular weight is 450 g/mol. The van der Waals surface area contributed by atoms with Crippen LogP contribution in [0.3, 0.4) is 0 Å². The van der Waals surface area contributed by atoms with Crippen LogP contribution in [0.4, 0.5) is 0 Å². The third kappa shape index (κ3) is 3.02. The predicted molar refractivity (Wildman–Crippen MR) is 149 cm³/mol. The van der Waals surface area contributed by atoms with Gasteiger partial charge in [-0.15, -0.1) is 0 Å². The molecule has 0 aromatic heterocycles. The van der Waals surface area contributed by atoms with Crippen LogP contribution in [0.5, 0.6) is 5.75 Å². The monoisotopic (exact) mass is 449 g/mol. The molecule has 7 rings (SSSR count). The molecule has 7 aromatic rings. The molecule has 0 saturated heterocycles. The van der Waals surface area contributed by atoms with Gasteiger partial charge in [-0.1, -0.05) is 109 Å². The Kier molecular flexibility index (Phi) is 3.73. The van der Waals surface area contributed by atoms with Gasteiger partial charge in [-0.2, -0.15) is 0 Å². The SMILES string of the molecule is [2H]c1c(O)c([2H])c2c(-c3cc4ccccc4c4ccccc34)c3ccccc3c(-c3ccccc3)c2c1[2H]. The Morgan fingerprint density at radius 1 is 0.486 bits per heavy atom. The van der Waals surface area contributed by atoms with E-state index in [1.807, 2.05) is 72.8 Å². The Bertz CT molecular complexity index is 2060. The summed E-state index contributed by atoms with van der Waals surface area (Å²) in [6.45, 7) is 0. The third-order valence-corrected chi connectivity index (χ3v) is 6.86. The van der Waals surface area contributed by atoms with E-state index in [0.717, 1.165) is 54.6 Å². The van der Waals surface area contributed by atoms with Crippen molar-refractivity contribution in [3.63, 3.8) is 0 Å². The molecule has 0 amide bonds. The van der Waals surface area contributed by atoms with Gasteiger partial charge in [0.05, 0.1) is 4.11 Å². The first-order chi connectivity index (χ1) is 18.6. The summed E-state index contributed by atoms with van der Waals surface area (Å²) in [5.41, 5.74) is 3.44. The molecule has 0 atom stereocenters. The van der Waals surface area contributed by atoms with E-state index in [1.165, 1.54) is 0 Å². The molecule has 0 fully saturated rings. The fraction of sp³-hybridized carbons (Fsp3) is 0. The first kappa shape index (κ1) is 16.9. The molecule has 0 unspecified atom stereocenters. The van der Waals surface area contributed by atoms with Gasteiger partial charge in [0, 0.05) is 0 Å². The number of fused-ring (bicyclic) bond motifs is 5. The van der Waals surface area contributed by atoms with Crippen molar-refractivity contribution in [3.05, 3.63) is 127 Å². The van der Waals surface area contributed by atoms with Crippen LogP contribution in [0.25, 0.3) is 65.3 Å². The van der Waals surface area contributed by atoms with E-state index in [2.05, 4.69) is 36.4 Å². The first-order valence-corrected chi connectivity index (χ1v) is 11.7. The molecule has 7 aromatic carbocycles. The lowest BCUT2D eigenvalue weighted by Crippen LogP contribution is -1.92. The smallest absolute Gasteiger partial charge is 0.116 e. The second-order valence-corrected chi connectivity index (χ2v) is 8.83. The number of rotatable bonds is 2. The highest BCUT2D eigenvalue weighted by atomic mass is 16.3. The molecule has 1 N–H and O–H groups in total. The van der Waals surface area contributed by atoms with Gasteiger partial charge in [0.2, 0.25) is 0 Å². The van der Waals surface area contributed by atoms with E-state index < -0.39 is 5.75 Å². The van der Waals surface area contributed by atoms with Gasteiger partial charge < -0.3 is 5.11 Å². The van der Waals surface area contributed by atoms with Gasteiger partial charge in [0.25, 0.3) is 0 Å². The third-order valence-electron chi connectivity index (χ3n) is 6.86. The zero-order chi connectivity index (χ0) is 26.0. The molecular formula is C34H22O. The Labute approximate surface area is 207 Å². The van der Waals surface area contributed by atoms with Crippen LogP contribution in [0.15, 0.2) is 127 Å². The van der Waals surface area contributed by atoms with Crippen LogP contribution in [-0.4, -0.2) is 5.11 Å². The van der Waals surface area contributed by atoms with Crippen LogP contribution in [0, 0.1) is 0 Å². The summed E-state index contributed by atoms with van der Waals surface area (Å²) in [5, 5.41) is 18.1. The van der Waals surface area contributed by atoms with E-state index in [-0.39, 0.29) is 18.1 Å². The molecule has 164 valence electrons. The van der Waals surface area contributed by atoms with Crippen molar-refractivity contribution in [2.45, 2.75) is 0 Å². The summed E-state index contributed by atoms with van der Waals surface area (Å²) in [6.07, 6.45) is 0. The maximum atomic E-state index is 10.9. The minimum absolute atomic E-state index is 0.0792. The van der Waals surface area contributed by atoms with Crippen molar-refractivity contribution in [3.8, 4) is 28.0 Å². The molecule has 0 heterocycles. The molecular weight excluding hydrogens is 424 g/mol. The van der Waals surface area contributed by atoms with Crippen LogP contribution in [0.2, 0.25) is 0 Å². The van der Waals surface area contributed by atoms with Crippen molar-refractivity contribution in [1.82, 2.24) is 0 Å². The molecule has 35 heavy (non-hydrogen) atoms. The lowest BCUT2D eigenvalue weighted by Gasteiger charge is -2.19. The summed E-state index contributed by atoms with van der Waals surface area (Å²) >= 11 is 0. The molecule has 1 nitrogen and oxygen atoms in total. The zero-order valence-corrected chi connectivity index (χ0v) is 18.8. The van der Waals surface area contributed by atoms with Gasteiger partial charge >= 0.3 is 0 Å². The molecule has 0 aliphatic rings. The Balaban J connectivity index is 1.81. The number of hydrogen-bond acceptors (Lipinski definition) is 1. The second kappa shape index (κ2) is 7.72. The summed E-state index contributed by atoms with van der Waals surface area (Å²) < 4.78 is 26.6.